The lowest BCUT2D eigenvalue weighted by atomic mass is 10.0. The van der Waals surface area contributed by atoms with Crippen molar-refractivity contribution in [3.05, 3.63) is 23.8 Å². The van der Waals surface area contributed by atoms with Crippen LogP contribution in [0.3, 0.4) is 0 Å². The summed E-state index contributed by atoms with van der Waals surface area (Å²) in [7, 11) is -0.908. The van der Waals surface area contributed by atoms with Crippen LogP contribution in [-0.2, 0) is 0 Å². The third-order valence-corrected chi connectivity index (χ3v) is 4.86. The highest BCUT2D eigenvalue weighted by Gasteiger charge is 2.08. The Morgan fingerprint density at radius 3 is 1.79 bits per heavy atom. The first-order valence-corrected chi connectivity index (χ1v) is 12.0. The minimum absolute atomic E-state index is 0.908. The summed E-state index contributed by atoms with van der Waals surface area (Å²) in [5.74, 6) is 0. The lowest BCUT2D eigenvalue weighted by Gasteiger charge is -2.11. The summed E-state index contributed by atoms with van der Waals surface area (Å²) < 4.78 is 0. The van der Waals surface area contributed by atoms with Crippen molar-refractivity contribution >= 4 is 8.07 Å². The van der Waals surface area contributed by atoms with Gasteiger partial charge in [-0.05, 0) is 31.7 Å². The molecule has 0 N–H and O–H groups in total. The molecule has 0 aliphatic rings. The van der Waals surface area contributed by atoms with Crippen molar-refractivity contribution in [2.75, 3.05) is 0 Å². The molecule has 0 rings (SSSR count). The van der Waals surface area contributed by atoms with Gasteiger partial charge in [-0.2, -0.15) is 0 Å². The Kier molecular flexibility index (Phi) is 11.3. The number of allylic oxidation sites excluding steroid dienone is 4. The van der Waals surface area contributed by atoms with Crippen molar-refractivity contribution in [1.82, 2.24) is 0 Å². The van der Waals surface area contributed by atoms with Crippen LogP contribution >= 0.6 is 0 Å². The molecular formula is C18H36Si. The molecule has 0 radical (unpaired) electrons. The third kappa shape index (κ3) is 13.9. The van der Waals surface area contributed by atoms with Crippen LogP contribution in [0, 0.1) is 0 Å². The lowest BCUT2D eigenvalue weighted by molar-refractivity contribution is 0.659. The molecule has 0 aromatic heterocycles. The van der Waals surface area contributed by atoms with Gasteiger partial charge >= 0.3 is 0 Å². The van der Waals surface area contributed by atoms with Crippen molar-refractivity contribution in [3.63, 3.8) is 0 Å². The first kappa shape index (κ1) is 18.7. The van der Waals surface area contributed by atoms with E-state index in [1.165, 1.54) is 57.4 Å². The second-order valence-corrected chi connectivity index (χ2v) is 12.5. The molecule has 0 aliphatic carbocycles. The van der Waals surface area contributed by atoms with E-state index in [-0.39, 0.29) is 0 Å². The summed E-state index contributed by atoms with van der Waals surface area (Å²) >= 11 is 0. The van der Waals surface area contributed by atoms with Gasteiger partial charge in [0.2, 0.25) is 0 Å². The largest absolute Gasteiger partial charge is 0.0872 e. The van der Waals surface area contributed by atoms with Gasteiger partial charge in [0.1, 0.15) is 0 Å². The van der Waals surface area contributed by atoms with E-state index in [9.17, 15) is 0 Å². The van der Waals surface area contributed by atoms with Crippen molar-refractivity contribution < 1.29 is 0 Å². The molecule has 0 heterocycles. The summed E-state index contributed by atoms with van der Waals surface area (Å²) in [6.07, 6.45) is 17.9. The van der Waals surface area contributed by atoms with E-state index in [2.05, 4.69) is 51.7 Å². The van der Waals surface area contributed by atoms with Gasteiger partial charge in [0, 0.05) is 8.07 Å². The molecule has 0 saturated carbocycles. The number of hydrogen-bond acceptors (Lipinski definition) is 0. The first-order valence-electron chi connectivity index (χ1n) is 8.34. The van der Waals surface area contributed by atoms with E-state index >= 15 is 0 Å². The minimum atomic E-state index is -0.908. The van der Waals surface area contributed by atoms with Crippen LogP contribution in [0.4, 0.5) is 0 Å². The van der Waals surface area contributed by atoms with Gasteiger partial charge in [0.15, 0.2) is 0 Å². The predicted molar refractivity (Wildman–Crippen MR) is 93.7 cm³/mol. The standard InChI is InChI=1S/C18H36Si/c1-6-8-10-14-18(15-11-9-7-2)16-12-13-17-19(3,4)5/h12-13,16H,6-11,14-15,17H2,1-5H3/b13-12+. The summed E-state index contributed by atoms with van der Waals surface area (Å²) in [5.41, 5.74) is 1.67. The quantitative estimate of drug-likeness (QED) is 0.218. The third-order valence-electron chi connectivity index (χ3n) is 3.40. The van der Waals surface area contributed by atoms with Crippen LogP contribution in [0.25, 0.3) is 0 Å². The first-order chi connectivity index (χ1) is 8.99. The number of unbranched alkanes of at least 4 members (excludes halogenated alkanes) is 4. The lowest BCUT2D eigenvalue weighted by Crippen LogP contribution is -2.17. The van der Waals surface area contributed by atoms with Gasteiger partial charge in [0.05, 0.1) is 0 Å². The predicted octanol–water partition coefficient (Wildman–Crippen LogP) is 6.97. The van der Waals surface area contributed by atoms with Gasteiger partial charge in [-0.25, -0.2) is 0 Å². The van der Waals surface area contributed by atoms with Gasteiger partial charge in [0.25, 0.3) is 0 Å². The highest BCUT2D eigenvalue weighted by atomic mass is 28.3. The van der Waals surface area contributed by atoms with Crippen molar-refractivity contribution in [3.8, 4) is 0 Å². The zero-order valence-electron chi connectivity index (χ0n) is 14.1. The second-order valence-electron chi connectivity index (χ2n) is 6.93. The van der Waals surface area contributed by atoms with Crippen molar-refractivity contribution in [1.29, 1.82) is 0 Å². The average Bonchev–Trinajstić information content (AvgIpc) is 2.33. The topological polar surface area (TPSA) is 0 Å². The summed E-state index contributed by atoms with van der Waals surface area (Å²) in [4.78, 5) is 0. The highest BCUT2D eigenvalue weighted by molar-refractivity contribution is 6.76. The van der Waals surface area contributed by atoms with Gasteiger partial charge in [-0.1, -0.05) is 83.0 Å². The normalized spacial score (nSPS) is 12.1. The van der Waals surface area contributed by atoms with Gasteiger partial charge < -0.3 is 0 Å². The fourth-order valence-electron chi connectivity index (χ4n) is 2.12. The fraction of sp³-hybridized carbons (Fsp3) is 0.778. The van der Waals surface area contributed by atoms with E-state index < -0.39 is 8.07 Å². The maximum atomic E-state index is 2.43. The maximum absolute atomic E-state index is 2.43. The number of rotatable bonds is 11. The van der Waals surface area contributed by atoms with Crippen LogP contribution in [-0.4, -0.2) is 8.07 Å². The number of hydrogen-bond donors (Lipinski definition) is 0. The Morgan fingerprint density at radius 1 is 0.842 bits per heavy atom. The highest BCUT2D eigenvalue weighted by Crippen LogP contribution is 2.17. The Bertz CT molecular complexity index is 243. The van der Waals surface area contributed by atoms with Gasteiger partial charge in [-0.15, -0.1) is 0 Å². The monoisotopic (exact) mass is 280 g/mol. The van der Waals surface area contributed by atoms with Crippen molar-refractivity contribution in [2.24, 2.45) is 0 Å². The zero-order valence-corrected chi connectivity index (χ0v) is 15.1. The second kappa shape index (κ2) is 11.5. The SMILES string of the molecule is CCCCCC(=C/C=C/C[Si](C)(C)C)CCCCC. The molecule has 0 aromatic rings. The molecule has 112 valence electrons. The van der Waals surface area contributed by atoms with E-state index in [1.807, 2.05) is 0 Å². The summed E-state index contributed by atoms with van der Waals surface area (Å²) in [6, 6.07) is 1.31. The maximum Gasteiger partial charge on any atom is 0.0480 e. The fourth-order valence-corrected chi connectivity index (χ4v) is 2.96. The van der Waals surface area contributed by atoms with Crippen LogP contribution < -0.4 is 0 Å². The molecule has 0 fully saturated rings. The Morgan fingerprint density at radius 2 is 1.37 bits per heavy atom. The molecule has 0 bridgehead atoms. The molecule has 0 amide bonds. The Labute approximate surface area is 123 Å². The van der Waals surface area contributed by atoms with Crippen LogP contribution in [0.15, 0.2) is 23.8 Å². The molecule has 0 unspecified atom stereocenters. The van der Waals surface area contributed by atoms with Crippen molar-refractivity contribution in [2.45, 2.75) is 90.9 Å². The molecular weight excluding hydrogens is 244 g/mol. The smallest absolute Gasteiger partial charge is 0.0480 e. The molecule has 0 saturated heterocycles. The zero-order chi connectivity index (χ0) is 14.6. The summed E-state index contributed by atoms with van der Waals surface area (Å²) in [5, 5.41) is 0. The molecule has 0 aliphatic heterocycles. The minimum Gasteiger partial charge on any atom is -0.0872 e. The molecule has 0 nitrogen and oxygen atoms in total. The van der Waals surface area contributed by atoms with Crippen LogP contribution in [0.2, 0.25) is 25.7 Å². The van der Waals surface area contributed by atoms with Crippen LogP contribution in [0.5, 0.6) is 0 Å². The van der Waals surface area contributed by atoms with E-state index in [0.29, 0.717) is 0 Å². The van der Waals surface area contributed by atoms with E-state index in [4.69, 9.17) is 0 Å². The average molecular weight is 281 g/mol. The Hall–Kier alpha value is -0.303. The molecule has 0 atom stereocenters. The van der Waals surface area contributed by atoms with E-state index in [0.717, 1.165) is 0 Å². The summed E-state index contributed by atoms with van der Waals surface area (Å²) in [6.45, 7) is 11.9. The molecule has 0 aromatic carbocycles. The Balaban J connectivity index is 4.19. The molecule has 1 heteroatoms. The van der Waals surface area contributed by atoms with E-state index in [1.54, 1.807) is 5.57 Å². The van der Waals surface area contributed by atoms with Gasteiger partial charge in [-0.3, -0.25) is 0 Å². The molecule has 19 heavy (non-hydrogen) atoms. The van der Waals surface area contributed by atoms with Crippen LogP contribution in [0.1, 0.15) is 65.2 Å². The molecule has 0 spiro atoms.